The molecule has 0 atom stereocenters. The topological polar surface area (TPSA) is 39.4 Å². The zero-order valence-corrected chi connectivity index (χ0v) is 17.1. The molecule has 0 spiro atoms. The van der Waals surface area contributed by atoms with Gasteiger partial charge in [0.15, 0.2) is 0 Å². The molecule has 0 aliphatic heterocycles. The van der Waals surface area contributed by atoms with Crippen molar-refractivity contribution in [1.29, 1.82) is 0 Å². The first-order valence-corrected chi connectivity index (χ1v) is 9.77. The fourth-order valence-corrected chi connectivity index (χ4v) is 3.90. The van der Waals surface area contributed by atoms with Gasteiger partial charge < -0.3 is 9.15 Å². The summed E-state index contributed by atoms with van der Waals surface area (Å²) in [6.45, 7) is 11.6. The molecule has 0 amide bonds. The molecule has 144 valence electrons. The van der Waals surface area contributed by atoms with E-state index in [1.54, 1.807) is 19.3 Å². The van der Waals surface area contributed by atoms with E-state index in [0.29, 0.717) is 12.4 Å². The van der Waals surface area contributed by atoms with Crippen LogP contribution in [-0.2, 0) is 26.8 Å². The second-order valence-corrected chi connectivity index (χ2v) is 8.77. The van der Waals surface area contributed by atoms with Gasteiger partial charge >= 0.3 is 5.97 Å². The highest BCUT2D eigenvalue weighted by Gasteiger charge is 2.36. The minimum atomic E-state index is -0.352. The van der Waals surface area contributed by atoms with Crippen molar-refractivity contribution < 1.29 is 13.9 Å². The van der Waals surface area contributed by atoms with Gasteiger partial charge in [-0.1, -0.05) is 45.9 Å². The van der Waals surface area contributed by atoms with E-state index >= 15 is 0 Å². The monoisotopic (exact) mass is 366 g/mol. The summed E-state index contributed by atoms with van der Waals surface area (Å²) in [5, 5.41) is 0. The van der Waals surface area contributed by atoms with Crippen LogP contribution in [-0.4, -0.2) is 12.6 Å². The zero-order valence-electron chi connectivity index (χ0n) is 17.1. The van der Waals surface area contributed by atoms with Gasteiger partial charge in [0, 0.05) is 12.5 Å². The maximum atomic E-state index is 11.4. The second-order valence-electron chi connectivity index (χ2n) is 8.77. The van der Waals surface area contributed by atoms with E-state index in [2.05, 4.69) is 45.9 Å². The Balaban J connectivity index is 1.79. The molecular weight excluding hydrogens is 336 g/mol. The van der Waals surface area contributed by atoms with Crippen molar-refractivity contribution in [3.8, 4) is 0 Å². The highest BCUT2D eigenvalue weighted by molar-refractivity contribution is 5.86. The molecule has 1 heterocycles. The van der Waals surface area contributed by atoms with Crippen LogP contribution in [0, 0.1) is 0 Å². The Hall–Kier alpha value is -2.29. The predicted octanol–water partition coefficient (Wildman–Crippen LogP) is 5.80. The molecule has 3 rings (SSSR count). The summed E-state index contributed by atoms with van der Waals surface area (Å²) in [7, 11) is 0. The van der Waals surface area contributed by atoms with E-state index in [-0.39, 0.29) is 16.8 Å². The Morgan fingerprint density at radius 3 is 2.48 bits per heavy atom. The number of hydrogen-bond donors (Lipinski definition) is 0. The van der Waals surface area contributed by atoms with E-state index in [1.165, 1.54) is 35.6 Å². The van der Waals surface area contributed by atoms with Crippen molar-refractivity contribution in [3.63, 3.8) is 0 Å². The van der Waals surface area contributed by atoms with Crippen LogP contribution in [0.3, 0.4) is 0 Å². The summed E-state index contributed by atoms with van der Waals surface area (Å²) in [6.07, 6.45) is 8.07. The third-order valence-electron chi connectivity index (χ3n) is 5.67. The van der Waals surface area contributed by atoms with Gasteiger partial charge in [0.25, 0.3) is 0 Å². The van der Waals surface area contributed by atoms with Crippen molar-refractivity contribution in [3.05, 3.63) is 64.6 Å². The largest absolute Gasteiger partial charge is 0.465 e. The Labute approximate surface area is 162 Å². The zero-order chi connectivity index (χ0) is 19.7. The van der Waals surface area contributed by atoms with Crippen molar-refractivity contribution in [2.45, 2.75) is 64.7 Å². The lowest BCUT2D eigenvalue weighted by Crippen LogP contribution is -2.33. The van der Waals surface area contributed by atoms with Gasteiger partial charge in [0.1, 0.15) is 5.76 Å². The molecule has 0 bridgehead atoms. The SMILES string of the molecule is CCOC(=O)C=Cc1cc(Cc2ccc3c(c2)C(C)(C)CCC3(C)C)co1. The molecule has 0 unspecified atom stereocenters. The van der Waals surface area contributed by atoms with Gasteiger partial charge in [-0.25, -0.2) is 4.79 Å². The minimum Gasteiger partial charge on any atom is -0.465 e. The molecular formula is C24H30O3. The molecule has 1 aromatic heterocycles. The quantitative estimate of drug-likeness (QED) is 0.496. The number of rotatable bonds is 5. The summed E-state index contributed by atoms with van der Waals surface area (Å²) >= 11 is 0. The number of fused-ring (bicyclic) bond motifs is 1. The van der Waals surface area contributed by atoms with E-state index < -0.39 is 0 Å². The number of esters is 1. The first-order valence-electron chi connectivity index (χ1n) is 9.77. The smallest absolute Gasteiger partial charge is 0.330 e. The Morgan fingerprint density at radius 2 is 1.78 bits per heavy atom. The number of benzene rings is 1. The lowest BCUT2D eigenvalue weighted by molar-refractivity contribution is -0.137. The van der Waals surface area contributed by atoms with E-state index in [4.69, 9.17) is 9.15 Å². The number of hydrogen-bond acceptors (Lipinski definition) is 3. The Kier molecular flexibility index (Phi) is 5.32. The fraction of sp³-hybridized carbons (Fsp3) is 0.458. The molecule has 0 radical (unpaired) electrons. The van der Waals surface area contributed by atoms with Crippen LogP contribution in [0.4, 0.5) is 0 Å². The highest BCUT2D eigenvalue weighted by atomic mass is 16.5. The van der Waals surface area contributed by atoms with Gasteiger partial charge in [0.05, 0.1) is 12.9 Å². The summed E-state index contributed by atoms with van der Waals surface area (Å²) in [5.74, 6) is 0.312. The number of carbonyl (C=O) groups is 1. The number of ether oxygens (including phenoxy) is 1. The first kappa shape index (κ1) is 19.5. The van der Waals surface area contributed by atoms with Crippen molar-refractivity contribution in [1.82, 2.24) is 0 Å². The minimum absolute atomic E-state index is 0.213. The highest BCUT2D eigenvalue weighted by Crippen LogP contribution is 2.46. The Morgan fingerprint density at radius 1 is 1.07 bits per heavy atom. The molecule has 1 aliphatic rings. The van der Waals surface area contributed by atoms with Crippen LogP contribution >= 0.6 is 0 Å². The standard InChI is InChI=1S/C24H30O3/c1-6-26-22(25)10-8-19-14-18(16-27-19)13-17-7-9-20-21(15-17)24(4,5)12-11-23(20,2)3/h7-10,14-16H,6,11-13H2,1-5H3. The maximum absolute atomic E-state index is 11.4. The first-order chi connectivity index (χ1) is 12.7. The lowest BCUT2D eigenvalue weighted by Gasteiger charge is -2.42. The van der Waals surface area contributed by atoms with Gasteiger partial charge in [-0.2, -0.15) is 0 Å². The van der Waals surface area contributed by atoms with Gasteiger partial charge in [-0.15, -0.1) is 0 Å². The van der Waals surface area contributed by atoms with E-state index in [9.17, 15) is 4.79 Å². The number of carbonyl (C=O) groups excluding carboxylic acids is 1. The van der Waals surface area contributed by atoms with Gasteiger partial charge in [0.2, 0.25) is 0 Å². The van der Waals surface area contributed by atoms with Crippen LogP contribution in [0.5, 0.6) is 0 Å². The third kappa shape index (κ3) is 4.35. The summed E-state index contributed by atoms with van der Waals surface area (Å²) < 4.78 is 10.4. The second kappa shape index (κ2) is 7.38. The van der Waals surface area contributed by atoms with Crippen LogP contribution in [0.25, 0.3) is 6.08 Å². The van der Waals surface area contributed by atoms with Crippen molar-refractivity contribution >= 4 is 12.0 Å². The molecule has 0 fully saturated rings. The summed E-state index contributed by atoms with van der Waals surface area (Å²) in [6, 6.07) is 8.90. The summed E-state index contributed by atoms with van der Waals surface area (Å²) in [4.78, 5) is 11.4. The normalized spacial score (nSPS) is 17.7. The fourth-order valence-electron chi connectivity index (χ4n) is 3.90. The van der Waals surface area contributed by atoms with E-state index in [0.717, 1.165) is 12.0 Å². The van der Waals surface area contributed by atoms with Gasteiger partial charge in [-0.05, 0) is 65.0 Å². The Bertz CT molecular complexity index is 852. The van der Waals surface area contributed by atoms with E-state index in [1.807, 2.05) is 6.07 Å². The number of furan rings is 1. The summed E-state index contributed by atoms with van der Waals surface area (Å²) in [5.41, 5.74) is 5.80. The maximum Gasteiger partial charge on any atom is 0.330 e. The molecule has 1 aliphatic carbocycles. The van der Waals surface area contributed by atoms with Crippen LogP contribution in [0.15, 0.2) is 41.0 Å². The molecule has 0 saturated heterocycles. The van der Waals surface area contributed by atoms with Crippen LogP contribution < -0.4 is 0 Å². The lowest BCUT2D eigenvalue weighted by atomic mass is 9.63. The molecule has 2 aromatic rings. The van der Waals surface area contributed by atoms with Gasteiger partial charge in [-0.3, -0.25) is 0 Å². The van der Waals surface area contributed by atoms with Crippen LogP contribution in [0.2, 0.25) is 0 Å². The molecule has 3 heteroatoms. The third-order valence-corrected chi connectivity index (χ3v) is 5.67. The molecule has 27 heavy (non-hydrogen) atoms. The van der Waals surface area contributed by atoms with Crippen molar-refractivity contribution in [2.24, 2.45) is 0 Å². The van der Waals surface area contributed by atoms with Crippen molar-refractivity contribution in [2.75, 3.05) is 6.61 Å². The molecule has 0 N–H and O–H groups in total. The molecule has 1 aromatic carbocycles. The average Bonchev–Trinajstić information content (AvgIpc) is 3.05. The molecule has 0 saturated carbocycles. The molecule has 3 nitrogen and oxygen atoms in total. The predicted molar refractivity (Wildman–Crippen MR) is 109 cm³/mol. The van der Waals surface area contributed by atoms with Crippen LogP contribution in [0.1, 0.15) is 75.5 Å². The average molecular weight is 367 g/mol.